The van der Waals surface area contributed by atoms with Crippen LogP contribution in [0.3, 0.4) is 0 Å². The summed E-state index contributed by atoms with van der Waals surface area (Å²) in [4.78, 5) is 42.8. The molecule has 2 N–H and O–H groups in total. The first kappa shape index (κ1) is 20.0. The third-order valence-corrected chi connectivity index (χ3v) is 4.93. The summed E-state index contributed by atoms with van der Waals surface area (Å²) in [5, 5.41) is 12.7. The molecule has 0 aromatic heterocycles. The van der Waals surface area contributed by atoms with Crippen LogP contribution in [0.25, 0.3) is 0 Å². The van der Waals surface area contributed by atoms with Crippen molar-refractivity contribution in [3.05, 3.63) is 106 Å². The number of nitrogens with one attached hydrogen (secondary N) is 1. The number of rotatable bonds is 4. The van der Waals surface area contributed by atoms with Gasteiger partial charge in [-0.2, -0.15) is 0 Å². The van der Waals surface area contributed by atoms with Crippen LogP contribution < -0.4 is 5.32 Å². The highest BCUT2D eigenvalue weighted by Gasteiger charge is 2.31. The zero-order valence-corrected chi connectivity index (χ0v) is 16.6. The molecule has 0 saturated heterocycles. The lowest BCUT2D eigenvalue weighted by Crippen LogP contribution is -2.21. The maximum atomic E-state index is 13.1. The SMILES string of the molecule is C/C(O)=C(\C=Nc1cccc2c1C(=O)c1ccccc1C2=O)C(=O)Nc1ccccc1. The molecule has 152 valence electrons. The van der Waals surface area contributed by atoms with Crippen LogP contribution in [-0.2, 0) is 4.79 Å². The van der Waals surface area contributed by atoms with Crippen molar-refractivity contribution < 1.29 is 19.5 Å². The van der Waals surface area contributed by atoms with Gasteiger partial charge in [-0.25, -0.2) is 0 Å². The molecule has 6 nitrogen and oxygen atoms in total. The number of nitrogens with zero attached hydrogens (tertiary/aromatic N) is 1. The first-order chi connectivity index (χ1) is 15.0. The van der Waals surface area contributed by atoms with E-state index in [0.29, 0.717) is 16.8 Å². The number of allylic oxidation sites excluding steroid dienone is 1. The minimum atomic E-state index is -0.549. The van der Waals surface area contributed by atoms with E-state index in [1.54, 1.807) is 66.7 Å². The number of fused-ring (bicyclic) bond motifs is 2. The number of hydrogen-bond donors (Lipinski definition) is 2. The fourth-order valence-electron chi connectivity index (χ4n) is 3.40. The van der Waals surface area contributed by atoms with Crippen LogP contribution in [0.1, 0.15) is 38.8 Å². The van der Waals surface area contributed by atoms with Crippen molar-refractivity contribution in [2.75, 3.05) is 5.32 Å². The van der Waals surface area contributed by atoms with E-state index in [4.69, 9.17) is 0 Å². The summed E-state index contributed by atoms with van der Waals surface area (Å²) in [6.45, 7) is 1.37. The second kappa shape index (κ2) is 8.20. The fraction of sp³-hybridized carbons (Fsp3) is 0.0400. The molecule has 0 aliphatic heterocycles. The van der Waals surface area contributed by atoms with E-state index >= 15 is 0 Å². The van der Waals surface area contributed by atoms with Crippen molar-refractivity contribution in [3.63, 3.8) is 0 Å². The van der Waals surface area contributed by atoms with E-state index in [9.17, 15) is 19.5 Å². The van der Waals surface area contributed by atoms with Crippen molar-refractivity contribution >= 4 is 35.1 Å². The summed E-state index contributed by atoms with van der Waals surface area (Å²) in [7, 11) is 0. The van der Waals surface area contributed by atoms with Gasteiger partial charge in [-0.1, -0.05) is 54.6 Å². The molecule has 0 saturated carbocycles. The molecule has 0 radical (unpaired) electrons. The summed E-state index contributed by atoms with van der Waals surface area (Å²) >= 11 is 0. The van der Waals surface area contributed by atoms with Gasteiger partial charge in [-0.15, -0.1) is 0 Å². The monoisotopic (exact) mass is 410 g/mol. The number of anilines is 1. The Morgan fingerprint density at radius 3 is 2.13 bits per heavy atom. The molecule has 31 heavy (non-hydrogen) atoms. The zero-order chi connectivity index (χ0) is 22.0. The maximum Gasteiger partial charge on any atom is 0.260 e. The minimum absolute atomic E-state index is 0.0589. The van der Waals surface area contributed by atoms with Crippen LogP contribution in [0.2, 0.25) is 0 Å². The Hall–Kier alpha value is -4.32. The van der Waals surface area contributed by atoms with Crippen molar-refractivity contribution in [2.45, 2.75) is 6.92 Å². The summed E-state index contributed by atoms with van der Waals surface area (Å²) < 4.78 is 0. The van der Waals surface area contributed by atoms with Gasteiger partial charge in [0, 0.05) is 28.6 Å². The molecule has 4 rings (SSSR count). The summed E-state index contributed by atoms with van der Waals surface area (Å²) in [6, 6.07) is 20.2. The molecule has 3 aromatic rings. The van der Waals surface area contributed by atoms with E-state index in [1.807, 2.05) is 6.07 Å². The van der Waals surface area contributed by atoms with Gasteiger partial charge >= 0.3 is 0 Å². The number of carbonyl (C=O) groups excluding carboxylic acids is 3. The van der Waals surface area contributed by atoms with Gasteiger partial charge in [0.2, 0.25) is 0 Å². The number of aliphatic imine (C=N–C) groups is 1. The first-order valence-electron chi connectivity index (χ1n) is 9.59. The molecule has 0 spiro atoms. The highest BCUT2D eigenvalue weighted by molar-refractivity contribution is 6.30. The number of amides is 1. The number of carbonyl (C=O) groups is 3. The minimum Gasteiger partial charge on any atom is -0.512 e. The average molecular weight is 410 g/mol. The molecule has 1 aliphatic carbocycles. The topological polar surface area (TPSA) is 95.8 Å². The Morgan fingerprint density at radius 2 is 1.45 bits per heavy atom. The number of ketones is 2. The van der Waals surface area contributed by atoms with Gasteiger partial charge in [-0.3, -0.25) is 19.4 Å². The van der Waals surface area contributed by atoms with Crippen LogP contribution in [0.5, 0.6) is 0 Å². The number of aliphatic hydroxyl groups excluding tert-OH is 1. The predicted octanol–water partition coefficient (Wildman–Crippen LogP) is 4.64. The fourth-order valence-corrected chi connectivity index (χ4v) is 3.40. The van der Waals surface area contributed by atoms with Gasteiger partial charge in [0.05, 0.1) is 16.8 Å². The molecule has 0 heterocycles. The van der Waals surface area contributed by atoms with Crippen molar-refractivity contribution in [2.24, 2.45) is 4.99 Å². The van der Waals surface area contributed by atoms with Gasteiger partial charge in [-0.05, 0) is 25.1 Å². The zero-order valence-electron chi connectivity index (χ0n) is 16.6. The van der Waals surface area contributed by atoms with Gasteiger partial charge < -0.3 is 10.4 Å². The predicted molar refractivity (Wildman–Crippen MR) is 118 cm³/mol. The lowest BCUT2D eigenvalue weighted by molar-refractivity contribution is -0.112. The van der Waals surface area contributed by atoms with Crippen LogP contribution in [-0.4, -0.2) is 28.8 Å². The molecule has 0 fully saturated rings. The quantitative estimate of drug-likeness (QED) is 0.291. The first-order valence-corrected chi connectivity index (χ1v) is 9.59. The second-order valence-corrected chi connectivity index (χ2v) is 6.98. The molecular formula is C25H18N2O4. The molecule has 1 amide bonds. The molecule has 3 aromatic carbocycles. The molecule has 0 atom stereocenters. The van der Waals surface area contributed by atoms with E-state index in [1.165, 1.54) is 13.1 Å². The largest absolute Gasteiger partial charge is 0.512 e. The van der Waals surface area contributed by atoms with Gasteiger partial charge in [0.25, 0.3) is 5.91 Å². The smallest absolute Gasteiger partial charge is 0.260 e. The Kier molecular flexibility index (Phi) is 5.28. The van der Waals surface area contributed by atoms with E-state index in [2.05, 4.69) is 10.3 Å². The third kappa shape index (κ3) is 3.79. The molecule has 0 unspecified atom stereocenters. The molecular weight excluding hydrogens is 392 g/mol. The average Bonchev–Trinajstić information content (AvgIpc) is 2.78. The number of benzene rings is 3. The summed E-state index contributed by atoms with van der Waals surface area (Å²) in [5.74, 6) is -1.33. The summed E-state index contributed by atoms with van der Waals surface area (Å²) in [5.41, 5.74) is 1.87. The molecule has 1 aliphatic rings. The molecule has 6 heteroatoms. The lowest BCUT2D eigenvalue weighted by atomic mass is 9.83. The number of hydrogen-bond acceptors (Lipinski definition) is 5. The van der Waals surface area contributed by atoms with Gasteiger partial charge in [0.15, 0.2) is 11.6 Å². The maximum absolute atomic E-state index is 13.1. The van der Waals surface area contributed by atoms with Crippen LogP contribution in [0.15, 0.2) is 89.1 Å². The van der Waals surface area contributed by atoms with Crippen LogP contribution in [0.4, 0.5) is 11.4 Å². The van der Waals surface area contributed by atoms with Gasteiger partial charge in [0.1, 0.15) is 5.76 Å². The standard InChI is InChI=1S/C25H18N2O4/c1-15(28)20(25(31)27-16-8-3-2-4-9-16)14-26-21-13-7-12-19-22(21)24(30)18-11-6-5-10-17(18)23(19)29/h2-14,28H,1H3,(H,27,31)/b20-15-,26-14?. The van der Waals surface area contributed by atoms with E-state index in [0.717, 1.165) is 0 Å². The van der Waals surface area contributed by atoms with Crippen molar-refractivity contribution in [1.82, 2.24) is 0 Å². The third-order valence-electron chi connectivity index (χ3n) is 4.93. The molecule has 0 bridgehead atoms. The lowest BCUT2D eigenvalue weighted by Gasteiger charge is -2.18. The van der Waals surface area contributed by atoms with E-state index < -0.39 is 5.91 Å². The Labute approximate surface area is 178 Å². The van der Waals surface area contributed by atoms with Crippen molar-refractivity contribution in [1.29, 1.82) is 0 Å². The van der Waals surface area contributed by atoms with E-state index in [-0.39, 0.29) is 39.7 Å². The Bertz CT molecular complexity index is 1270. The Morgan fingerprint density at radius 1 is 0.839 bits per heavy atom. The highest BCUT2D eigenvalue weighted by atomic mass is 16.3. The Balaban J connectivity index is 1.70. The summed E-state index contributed by atoms with van der Waals surface area (Å²) in [6.07, 6.45) is 1.20. The second-order valence-electron chi connectivity index (χ2n) is 6.98. The van der Waals surface area contributed by atoms with Crippen LogP contribution >= 0.6 is 0 Å². The normalized spacial score (nSPS) is 13.5. The van der Waals surface area contributed by atoms with Crippen LogP contribution in [0, 0.1) is 0 Å². The number of aliphatic hydroxyl groups is 1. The highest BCUT2D eigenvalue weighted by Crippen LogP contribution is 2.33. The number of para-hydroxylation sites is 1. The van der Waals surface area contributed by atoms with Crippen molar-refractivity contribution in [3.8, 4) is 0 Å².